The molecule has 6 nitrogen and oxygen atoms in total. The lowest BCUT2D eigenvalue weighted by atomic mass is 10.1. The Morgan fingerprint density at radius 2 is 2.20 bits per heavy atom. The van der Waals surface area contributed by atoms with Gasteiger partial charge in [0.15, 0.2) is 0 Å². The van der Waals surface area contributed by atoms with Crippen molar-refractivity contribution in [3.8, 4) is 0 Å². The summed E-state index contributed by atoms with van der Waals surface area (Å²) in [5, 5.41) is 24.9. The highest BCUT2D eigenvalue weighted by Gasteiger charge is 2.20. The van der Waals surface area contributed by atoms with Crippen LogP contribution in [0.5, 0.6) is 0 Å². The Morgan fingerprint density at radius 3 is 2.75 bits per heavy atom. The smallest absolute Gasteiger partial charge is 0.342 e. The average Bonchev–Trinajstić information content (AvgIpc) is 2.92. The first kappa shape index (κ1) is 14.0. The van der Waals surface area contributed by atoms with Gasteiger partial charge < -0.3 is 10.4 Å². The van der Waals surface area contributed by atoms with E-state index in [0.717, 1.165) is 4.88 Å². The molecule has 1 aromatic carbocycles. The van der Waals surface area contributed by atoms with E-state index < -0.39 is 16.6 Å². The lowest BCUT2D eigenvalue weighted by Crippen LogP contribution is -2.07. The number of nitrogens with zero attached hydrogens (tertiary/aromatic N) is 1. The summed E-state index contributed by atoms with van der Waals surface area (Å²) < 4.78 is 0. The number of nitro groups is 1. The molecular weight excluding hydrogens is 280 g/mol. The molecule has 1 heterocycles. The van der Waals surface area contributed by atoms with E-state index in [2.05, 4.69) is 5.32 Å². The monoisotopic (exact) mass is 292 g/mol. The van der Waals surface area contributed by atoms with Gasteiger partial charge in [0.25, 0.3) is 5.69 Å². The van der Waals surface area contributed by atoms with Crippen LogP contribution >= 0.6 is 11.3 Å². The third kappa shape index (κ3) is 2.94. The van der Waals surface area contributed by atoms with Crippen LogP contribution in [0.25, 0.3) is 0 Å². The highest BCUT2D eigenvalue weighted by Crippen LogP contribution is 2.27. The fourth-order valence-corrected chi connectivity index (χ4v) is 2.55. The van der Waals surface area contributed by atoms with Gasteiger partial charge >= 0.3 is 5.97 Å². The zero-order valence-electron chi connectivity index (χ0n) is 10.6. The number of hydrogen-bond donors (Lipinski definition) is 2. The Hall–Kier alpha value is -2.41. The van der Waals surface area contributed by atoms with Crippen molar-refractivity contribution in [2.75, 3.05) is 5.32 Å². The minimum Gasteiger partial charge on any atom is -0.477 e. The first-order valence-corrected chi connectivity index (χ1v) is 6.68. The van der Waals surface area contributed by atoms with Crippen LogP contribution in [0, 0.1) is 10.1 Å². The van der Waals surface area contributed by atoms with Crippen LogP contribution in [0.15, 0.2) is 35.7 Å². The molecule has 0 spiro atoms. The third-order valence-corrected chi connectivity index (χ3v) is 3.83. The van der Waals surface area contributed by atoms with Crippen molar-refractivity contribution in [1.82, 2.24) is 0 Å². The van der Waals surface area contributed by atoms with Crippen LogP contribution in [0.2, 0.25) is 0 Å². The van der Waals surface area contributed by atoms with Crippen molar-refractivity contribution in [2.24, 2.45) is 0 Å². The van der Waals surface area contributed by atoms with Gasteiger partial charge in [0, 0.05) is 16.6 Å². The molecule has 0 aliphatic heterocycles. The van der Waals surface area contributed by atoms with E-state index in [1.165, 1.54) is 18.2 Å². The summed E-state index contributed by atoms with van der Waals surface area (Å²) in [5.41, 5.74) is -0.215. The predicted octanol–water partition coefficient (Wildman–Crippen LogP) is 3.53. The molecular formula is C13H12N2O4S. The summed E-state index contributed by atoms with van der Waals surface area (Å²) in [6.45, 7) is 1.93. The van der Waals surface area contributed by atoms with Crippen LogP contribution in [0.3, 0.4) is 0 Å². The molecule has 2 rings (SSSR count). The first-order chi connectivity index (χ1) is 9.49. The number of hydrogen-bond acceptors (Lipinski definition) is 5. The summed E-state index contributed by atoms with van der Waals surface area (Å²) in [4.78, 5) is 22.2. The lowest BCUT2D eigenvalue weighted by molar-refractivity contribution is -0.385. The molecule has 0 saturated carbocycles. The molecule has 1 aromatic heterocycles. The minimum absolute atomic E-state index is 0.00900. The number of aromatic carboxylic acids is 1. The van der Waals surface area contributed by atoms with E-state index in [0.29, 0.717) is 5.69 Å². The van der Waals surface area contributed by atoms with Gasteiger partial charge in [0.05, 0.1) is 11.0 Å². The molecule has 0 amide bonds. The van der Waals surface area contributed by atoms with Crippen LogP contribution in [0.4, 0.5) is 11.4 Å². The summed E-state index contributed by atoms with van der Waals surface area (Å²) in [6.07, 6.45) is 0. The molecule has 104 valence electrons. The highest BCUT2D eigenvalue weighted by molar-refractivity contribution is 7.10. The number of nitrogens with one attached hydrogen (secondary N) is 1. The Balaban J connectivity index is 2.27. The number of rotatable bonds is 5. The number of carboxylic acid groups (broad SMARTS) is 1. The van der Waals surface area contributed by atoms with Gasteiger partial charge in [-0.25, -0.2) is 4.79 Å². The van der Waals surface area contributed by atoms with Crippen molar-refractivity contribution in [2.45, 2.75) is 13.0 Å². The molecule has 0 saturated heterocycles. The molecule has 2 N–H and O–H groups in total. The van der Waals surface area contributed by atoms with E-state index in [4.69, 9.17) is 5.11 Å². The van der Waals surface area contributed by atoms with Gasteiger partial charge in [-0.15, -0.1) is 11.3 Å². The second kappa shape index (κ2) is 5.70. The number of anilines is 1. The predicted molar refractivity (Wildman–Crippen MR) is 76.4 cm³/mol. The zero-order chi connectivity index (χ0) is 14.7. The molecule has 0 fully saturated rings. The molecule has 0 aliphatic carbocycles. The number of benzene rings is 1. The number of carbonyl (C=O) groups is 1. The minimum atomic E-state index is -1.31. The summed E-state index contributed by atoms with van der Waals surface area (Å²) >= 11 is 1.58. The van der Waals surface area contributed by atoms with E-state index in [1.54, 1.807) is 11.3 Å². The van der Waals surface area contributed by atoms with Crippen molar-refractivity contribution in [3.05, 3.63) is 56.3 Å². The quantitative estimate of drug-likeness (QED) is 0.649. The largest absolute Gasteiger partial charge is 0.477 e. The van der Waals surface area contributed by atoms with E-state index >= 15 is 0 Å². The summed E-state index contributed by atoms with van der Waals surface area (Å²) in [5.74, 6) is -1.31. The molecule has 0 radical (unpaired) electrons. The highest BCUT2D eigenvalue weighted by atomic mass is 32.1. The maximum Gasteiger partial charge on any atom is 0.342 e. The maximum absolute atomic E-state index is 10.9. The molecule has 7 heteroatoms. The van der Waals surface area contributed by atoms with Gasteiger partial charge in [-0.05, 0) is 30.5 Å². The van der Waals surface area contributed by atoms with Crippen molar-refractivity contribution in [1.29, 1.82) is 0 Å². The lowest BCUT2D eigenvalue weighted by Gasteiger charge is -2.13. The summed E-state index contributed by atoms with van der Waals surface area (Å²) in [6, 6.07) is 7.89. The van der Waals surface area contributed by atoms with Crippen LogP contribution < -0.4 is 5.32 Å². The van der Waals surface area contributed by atoms with E-state index in [1.807, 2.05) is 24.4 Å². The normalized spacial score (nSPS) is 11.8. The second-order valence-corrected chi connectivity index (χ2v) is 5.15. The number of thiophene rings is 1. The molecule has 20 heavy (non-hydrogen) atoms. The van der Waals surface area contributed by atoms with Crippen molar-refractivity contribution >= 4 is 28.7 Å². The SMILES string of the molecule is CC(Nc1ccc(C(=O)O)c([N+](=O)[O-])c1)c1cccs1. The number of nitro benzene ring substituents is 1. The van der Waals surface area contributed by atoms with Gasteiger partial charge in [-0.2, -0.15) is 0 Å². The Bertz CT molecular complexity index is 640. The van der Waals surface area contributed by atoms with Gasteiger partial charge in [-0.1, -0.05) is 6.07 Å². The Morgan fingerprint density at radius 1 is 1.45 bits per heavy atom. The molecule has 0 bridgehead atoms. The topological polar surface area (TPSA) is 92.5 Å². The Labute approximate surface area is 118 Å². The fourth-order valence-electron chi connectivity index (χ4n) is 1.81. The second-order valence-electron chi connectivity index (χ2n) is 4.18. The fraction of sp³-hybridized carbons (Fsp3) is 0.154. The third-order valence-electron chi connectivity index (χ3n) is 2.78. The molecule has 0 aliphatic rings. The van der Waals surface area contributed by atoms with Crippen molar-refractivity contribution in [3.63, 3.8) is 0 Å². The maximum atomic E-state index is 10.9. The first-order valence-electron chi connectivity index (χ1n) is 5.80. The number of carboxylic acids is 1. The molecule has 1 atom stereocenters. The zero-order valence-corrected chi connectivity index (χ0v) is 11.4. The van der Waals surface area contributed by atoms with Gasteiger partial charge in [-0.3, -0.25) is 10.1 Å². The molecule has 2 aromatic rings. The van der Waals surface area contributed by atoms with E-state index in [9.17, 15) is 14.9 Å². The van der Waals surface area contributed by atoms with Crippen molar-refractivity contribution < 1.29 is 14.8 Å². The summed E-state index contributed by atoms with van der Waals surface area (Å²) in [7, 11) is 0. The van der Waals surface area contributed by atoms with Crippen LogP contribution in [-0.4, -0.2) is 16.0 Å². The standard InChI is InChI=1S/C13H12N2O4S/c1-8(12-3-2-6-20-12)14-9-4-5-10(13(16)17)11(7-9)15(18)19/h2-8,14H,1H3,(H,16,17). The van der Waals surface area contributed by atoms with Crippen LogP contribution in [-0.2, 0) is 0 Å². The van der Waals surface area contributed by atoms with Gasteiger partial charge in [0.1, 0.15) is 5.56 Å². The Kier molecular flexibility index (Phi) is 3.99. The van der Waals surface area contributed by atoms with E-state index in [-0.39, 0.29) is 11.6 Å². The average molecular weight is 292 g/mol. The van der Waals surface area contributed by atoms with Gasteiger partial charge in [0.2, 0.25) is 0 Å². The van der Waals surface area contributed by atoms with Crippen LogP contribution in [0.1, 0.15) is 28.2 Å². The molecule has 1 unspecified atom stereocenters.